The van der Waals surface area contributed by atoms with Crippen molar-refractivity contribution in [3.05, 3.63) is 113 Å². The molecule has 4 aromatic rings. The predicted octanol–water partition coefficient (Wildman–Crippen LogP) is 5.48. The first-order chi connectivity index (χ1) is 16.0. The van der Waals surface area contributed by atoms with Crippen molar-refractivity contribution < 1.29 is 14.7 Å². The van der Waals surface area contributed by atoms with Crippen LogP contribution in [0.4, 0.5) is 5.69 Å². The van der Waals surface area contributed by atoms with Crippen LogP contribution in [-0.4, -0.2) is 21.8 Å². The second kappa shape index (κ2) is 8.02. The van der Waals surface area contributed by atoms with Crippen molar-refractivity contribution in [2.75, 3.05) is 4.90 Å². The molecular weight excluding hydrogens is 412 g/mol. The number of aromatic nitrogens is 1. The molecule has 5 nitrogen and oxygen atoms in total. The van der Waals surface area contributed by atoms with E-state index in [1.54, 1.807) is 18.5 Å². The third-order valence-electron chi connectivity index (χ3n) is 6.12. The molecule has 0 aliphatic carbocycles. The summed E-state index contributed by atoms with van der Waals surface area (Å²) in [5, 5.41) is 13.2. The SMILES string of the molecule is Cc1ccc(C)c(/C(O)=C2\C(=O)C(=O)N(c3cccc4ccccc34)C2c2cccnc2)c1. The van der Waals surface area contributed by atoms with Gasteiger partial charge in [-0.2, -0.15) is 0 Å². The third kappa shape index (κ3) is 3.38. The molecule has 1 atom stereocenters. The maximum Gasteiger partial charge on any atom is 0.300 e. The number of hydrogen-bond donors (Lipinski definition) is 1. The zero-order chi connectivity index (χ0) is 23.1. The molecule has 2 heterocycles. The molecule has 1 aliphatic rings. The Morgan fingerprint density at radius 2 is 1.73 bits per heavy atom. The number of carbonyl (C=O) groups is 2. The summed E-state index contributed by atoms with van der Waals surface area (Å²) in [6.07, 6.45) is 3.27. The number of amides is 1. The summed E-state index contributed by atoms with van der Waals surface area (Å²) in [6, 6.07) is 21.8. The van der Waals surface area contributed by atoms with Crippen molar-refractivity contribution in [2.24, 2.45) is 0 Å². The molecule has 3 aromatic carbocycles. The summed E-state index contributed by atoms with van der Waals surface area (Å²) >= 11 is 0. The summed E-state index contributed by atoms with van der Waals surface area (Å²) in [5.74, 6) is -1.56. The fraction of sp³-hybridized carbons (Fsp3) is 0.107. The number of anilines is 1. The lowest BCUT2D eigenvalue weighted by Crippen LogP contribution is -2.29. The Balaban J connectivity index is 1.80. The number of aryl methyl sites for hydroxylation is 2. The van der Waals surface area contributed by atoms with E-state index in [0.29, 0.717) is 16.8 Å². The second-order valence-electron chi connectivity index (χ2n) is 8.27. The molecule has 1 N–H and O–H groups in total. The van der Waals surface area contributed by atoms with Crippen LogP contribution < -0.4 is 4.90 Å². The summed E-state index contributed by atoms with van der Waals surface area (Å²) in [7, 11) is 0. The van der Waals surface area contributed by atoms with Crippen molar-refractivity contribution in [1.82, 2.24) is 4.98 Å². The third-order valence-corrected chi connectivity index (χ3v) is 6.12. The van der Waals surface area contributed by atoms with E-state index < -0.39 is 17.7 Å². The molecule has 5 rings (SSSR count). The number of aliphatic hydroxyl groups excluding tert-OH is 1. The first-order valence-corrected chi connectivity index (χ1v) is 10.7. The van der Waals surface area contributed by atoms with Gasteiger partial charge in [-0.15, -0.1) is 0 Å². The lowest BCUT2D eigenvalue weighted by molar-refractivity contribution is -0.132. The topological polar surface area (TPSA) is 70.5 Å². The number of ketones is 1. The molecule has 0 bridgehead atoms. The molecule has 1 fully saturated rings. The lowest BCUT2D eigenvalue weighted by atomic mass is 9.93. The molecule has 1 saturated heterocycles. The number of benzene rings is 3. The smallest absolute Gasteiger partial charge is 0.300 e. The molecule has 33 heavy (non-hydrogen) atoms. The average Bonchev–Trinajstić information content (AvgIpc) is 3.10. The van der Waals surface area contributed by atoms with Gasteiger partial charge in [-0.05, 0) is 48.6 Å². The monoisotopic (exact) mass is 434 g/mol. The van der Waals surface area contributed by atoms with Crippen molar-refractivity contribution >= 4 is 33.9 Å². The first-order valence-electron chi connectivity index (χ1n) is 10.7. The molecule has 1 amide bonds. The molecular formula is C28H22N2O3. The average molecular weight is 434 g/mol. The maximum atomic E-state index is 13.4. The Kier molecular flexibility index (Phi) is 5.02. The van der Waals surface area contributed by atoms with Crippen LogP contribution in [-0.2, 0) is 9.59 Å². The zero-order valence-corrected chi connectivity index (χ0v) is 18.3. The Bertz CT molecular complexity index is 1440. The fourth-order valence-corrected chi connectivity index (χ4v) is 4.49. The number of Topliss-reactive ketones (excluding diaryl/α,β-unsaturated/α-hetero) is 1. The lowest BCUT2D eigenvalue weighted by Gasteiger charge is -2.26. The number of carbonyl (C=O) groups excluding carboxylic acids is 2. The minimum atomic E-state index is -0.801. The van der Waals surface area contributed by atoms with Gasteiger partial charge in [0.25, 0.3) is 11.7 Å². The highest BCUT2D eigenvalue weighted by Crippen LogP contribution is 2.44. The van der Waals surface area contributed by atoms with Crippen LogP contribution in [0.5, 0.6) is 0 Å². The van der Waals surface area contributed by atoms with Gasteiger partial charge in [0.1, 0.15) is 5.76 Å². The second-order valence-corrected chi connectivity index (χ2v) is 8.27. The van der Waals surface area contributed by atoms with Gasteiger partial charge in [0, 0.05) is 23.3 Å². The van der Waals surface area contributed by atoms with Crippen molar-refractivity contribution in [3.8, 4) is 0 Å². The zero-order valence-electron chi connectivity index (χ0n) is 18.3. The summed E-state index contributed by atoms with van der Waals surface area (Å²) in [5.41, 5.74) is 3.64. The molecule has 162 valence electrons. The number of nitrogens with zero attached hydrogens (tertiary/aromatic N) is 2. The van der Waals surface area contributed by atoms with Gasteiger partial charge < -0.3 is 5.11 Å². The maximum absolute atomic E-state index is 13.4. The Hall–Kier alpha value is -4.25. The van der Waals surface area contributed by atoms with E-state index in [9.17, 15) is 14.7 Å². The Labute approximate surface area is 191 Å². The van der Waals surface area contributed by atoms with Gasteiger partial charge in [-0.1, -0.05) is 60.2 Å². The van der Waals surface area contributed by atoms with Gasteiger partial charge >= 0.3 is 0 Å². The molecule has 1 aliphatic heterocycles. The summed E-state index contributed by atoms with van der Waals surface area (Å²) in [6.45, 7) is 3.79. The normalized spacial score (nSPS) is 17.6. The van der Waals surface area contributed by atoms with Gasteiger partial charge in [0.05, 0.1) is 17.3 Å². The number of pyridine rings is 1. The van der Waals surface area contributed by atoms with Gasteiger partial charge in [0.15, 0.2) is 0 Å². The Morgan fingerprint density at radius 3 is 2.52 bits per heavy atom. The number of rotatable bonds is 3. The van der Waals surface area contributed by atoms with E-state index in [0.717, 1.165) is 21.9 Å². The molecule has 5 heteroatoms. The van der Waals surface area contributed by atoms with E-state index in [2.05, 4.69) is 4.98 Å². The minimum absolute atomic E-state index is 0.0645. The van der Waals surface area contributed by atoms with Crippen LogP contribution in [0.2, 0.25) is 0 Å². The quantitative estimate of drug-likeness (QED) is 0.263. The highest BCUT2D eigenvalue weighted by molar-refractivity contribution is 6.52. The Morgan fingerprint density at radius 1 is 0.939 bits per heavy atom. The standard InChI is InChI=1S/C28H22N2O3/c1-17-12-13-18(2)22(15-17)26(31)24-25(20-9-6-14-29-16-20)30(28(33)27(24)32)23-11-5-8-19-7-3-4-10-21(19)23/h3-16,25,31H,1-2H3/b26-24+. The molecule has 0 radical (unpaired) electrons. The summed E-state index contributed by atoms with van der Waals surface area (Å²) < 4.78 is 0. The van der Waals surface area contributed by atoms with Crippen LogP contribution >= 0.6 is 0 Å². The van der Waals surface area contributed by atoms with Crippen molar-refractivity contribution in [3.63, 3.8) is 0 Å². The largest absolute Gasteiger partial charge is 0.507 e. The van der Waals surface area contributed by atoms with E-state index >= 15 is 0 Å². The number of hydrogen-bond acceptors (Lipinski definition) is 4. The molecule has 1 aromatic heterocycles. The fourth-order valence-electron chi connectivity index (χ4n) is 4.49. The van der Waals surface area contributed by atoms with E-state index in [-0.39, 0.29) is 11.3 Å². The molecule has 0 saturated carbocycles. The predicted molar refractivity (Wildman–Crippen MR) is 129 cm³/mol. The van der Waals surface area contributed by atoms with E-state index in [1.807, 2.05) is 80.6 Å². The highest BCUT2D eigenvalue weighted by Gasteiger charge is 2.47. The van der Waals surface area contributed by atoms with Crippen molar-refractivity contribution in [1.29, 1.82) is 0 Å². The van der Waals surface area contributed by atoms with Gasteiger partial charge in [-0.25, -0.2) is 0 Å². The van der Waals surface area contributed by atoms with Gasteiger partial charge in [-0.3, -0.25) is 19.5 Å². The first kappa shape index (κ1) is 20.6. The minimum Gasteiger partial charge on any atom is -0.507 e. The van der Waals surface area contributed by atoms with Gasteiger partial charge in [0.2, 0.25) is 0 Å². The molecule has 0 spiro atoms. The van der Waals surface area contributed by atoms with Crippen LogP contribution in [0.25, 0.3) is 16.5 Å². The van der Waals surface area contributed by atoms with Crippen molar-refractivity contribution in [2.45, 2.75) is 19.9 Å². The highest BCUT2D eigenvalue weighted by atomic mass is 16.3. The van der Waals surface area contributed by atoms with E-state index in [4.69, 9.17) is 0 Å². The van der Waals surface area contributed by atoms with E-state index in [1.165, 1.54) is 4.90 Å². The number of aliphatic hydroxyl groups is 1. The van der Waals surface area contributed by atoms with Crippen LogP contribution in [0, 0.1) is 13.8 Å². The van der Waals surface area contributed by atoms with Crippen LogP contribution in [0.3, 0.4) is 0 Å². The van der Waals surface area contributed by atoms with Crippen LogP contribution in [0.15, 0.2) is 90.8 Å². The molecule has 1 unspecified atom stereocenters. The number of fused-ring (bicyclic) bond motifs is 1. The van der Waals surface area contributed by atoms with Crippen LogP contribution in [0.1, 0.15) is 28.3 Å². The summed E-state index contributed by atoms with van der Waals surface area (Å²) in [4.78, 5) is 32.5.